The Bertz CT molecular complexity index is 814. The highest BCUT2D eigenvalue weighted by atomic mass is 19.1. The van der Waals surface area contributed by atoms with Gasteiger partial charge in [0, 0.05) is 57.2 Å². The van der Waals surface area contributed by atoms with Crippen LogP contribution in [-0.2, 0) is 6.54 Å². The van der Waals surface area contributed by atoms with Gasteiger partial charge < -0.3 is 15.1 Å². The maximum absolute atomic E-state index is 13.3. The molecule has 0 aromatic heterocycles. The van der Waals surface area contributed by atoms with Crippen molar-refractivity contribution < 1.29 is 9.18 Å². The van der Waals surface area contributed by atoms with Gasteiger partial charge in [-0.3, -0.25) is 4.90 Å². The van der Waals surface area contributed by atoms with Gasteiger partial charge in [0.15, 0.2) is 0 Å². The average Bonchev–Trinajstić information content (AvgIpc) is 3.24. The normalized spacial score (nSPS) is 17.8. The van der Waals surface area contributed by atoms with Crippen LogP contribution < -0.4 is 10.2 Å². The van der Waals surface area contributed by atoms with Crippen molar-refractivity contribution in [3.8, 4) is 0 Å². The number of amides is 2. The standard InChI is InChI=1S/C22H27FN4O/c23-19-7-5-8-20(16-19)24-22(28)27-14-12-25(13-15-27)17-18-6-1-2-9-21(18)26-10-3-4-11-26/h1-2,5-9,16H,3-4,10-15,17H2,(H,24,28). The fourth-order valence-electron chi connectivity index (χ4n) is 4.03. The van der Waals surface area contributed by atoms with E-state index in [0.717, 1.165) is 32.7 Å². The molecule has 5 nitrogen and oxygen atoms in total. The molecule has 0 aliphatic carbocycles. The van der Waals surface area contributed by atoms with Crippen molar-refractivity contribution in [1.29, 1.82) is 0 Å². The van der Waals surface area contributed by atoms with Crippen LogP contribution in [0.4, 0.5) is 20.6 Å². The number of para-hydroxylation sites is 1. The first-order chi connectivity index (χ1) is 13.7. The lowest BCUT2D eigenvalue weighted by molar-refractivity contribution is 0.143. The van der Waals surface area contributed by atoms with E-state index in [9.17, 15) is 9.18 Å². The maximum Gasteiger partial charge on any atom is 0.321 e. The first-order valence-electron chi connectivity index (χ1n) is 10.1. The Kier molecular flexibility index (Phi) is 5.76. The second kappa shape index (κ2) is 8.61. The predicted molar refractivity (Wildman–Crippen MR) is 110 cm³/mol. The molecule has 2 aromatic carbocycles. The van der Waals surface area contributed by atoms with E-state index in [1.807, 2.05) is 0 Å². The number of rotatable bonds is 4. The zero-order valence-corrected chi connectivity index (χ0v) is 16.1. The zero-order chi connectivity index (χ0) is 19.3. The van der Waals surface area contributed by atoms with Crippen LogP contribution in [0.2, 0.25) is 0 Å². The van der Waals surface area contributed by atoms with Gasteiger partial charge >= 0.3 is 6.03 Å². The summed E-state index contributed by atoms with van der Waals surface area (Å²) in [6.07, 6.45) is 2.54. The summed E-state index contributed by atoms with van der Waals surface area (Å²) in [4.78, 5) is 19.1. The number of carbonyl (C=O) groups excluding carboxylic acids is 1. The number of anilines is 2. The molecule has 0 bridgehead atoms. The lowest BCUT2D eigenvalue weighted by Gasteiger charge is -2.35. The van der Waals surface area contributed by atoms with Crippen molar-refractivity contribution in [2.45, 2.75) is 19.4 Å². The number of nitrogens with zero attached hydrogens (tertiary/aromatic N) is 3. The number of hydrogen-bond donors (Lipinski definition) is 1. The summed E-state index contributed by atoms with van der Waals surface area (Å²) >= 11 is 0. The summed E-state index contributed by atoms with van der Waals surface area (Å²) < 4.78 is 13.3. The Hall–Kier alpha value is -2.60. The van der Waals surface area contributed by atoms with Crippen molar-refractivity contribution in [3.05, 3.63) is 59.9 Å². The molecule has 0 atom stereocenters. The molecule has 0 spiro atoms. The molecule has 0 radical (unpaired) electrons. The number of urea groups is 1. The van der Waals surface area contributed by atoms with E-state index < -0.39 is 0 Å². The van der Waals surface area contributed by atoms with Gasteiger partial charge in [0.25, 0.3) is 0 Å². The Morgan fingerprint density at radius 1 is 0.929 bits per heavy atom. The number of halogens is 1. The number of carbonyl (C=O) groups is 1. The van der Waals surface area contributed by atoms with Crippen LogP contribution in [-0.4, -0.2) is 55.1 Å². The minimum absolute atomic E-state index is 0.164. The Morgan fingerprint density at radius 3 is 2.43 bits per heavy atom. The first kappa shape index (κ1) is 18.7. The van der Waals surface area contributed by atoms with Gasteiger partial charge in [0.1, 0.15) is 5.82 Å². The Morgan fingerprint density at radius 2 is 1.68 bits per heavy atom. The summed E-state index contributed by atoms with van der Waals surface area (Å²) in [5.41, 5.74) is 3.21. The molecular formula is C22H27FN4O. The van der Waals surface area contributed by atoms with Crippen molar-refractivity contribution in [2.75, 3.05) is 49.5 Å². The molecule has 6 heteroatoms. The molecule has 2 amide bonds. The molecule has 4 rings (SSSR count). The van der Waals surface area contributed by atoms with Gasteiger partial charge in [0.2, 0.25) is 0 Å². The third kappa shape index (κ3) is 4.44. The summed E-state index contributed by atoms with van der Waals surface area (Å²) in [7, 11) is 0. The van der Waals surface area contributed by atoms with Gasteiger partial charge in [-0.15, -0.1) is 0 Å². The van der Waals surface area contributed by atoms with Gasteiger partial charge in [-0.1, -0.05) is 24.3 Å². The van der Waals surface area contributed by atoms with Crippen molar-refractivity contribution in [1.82, 2.24) is 9.80 Å². The van der Waals surface area contributed by atoms with Gasteiger partial charge in [-0.25, -0.2) is 9.18 Å². The van der Waals surface area contributed by atoms with Crippen molar-refractivity contribution in [2.24, 2.45) is 0 Å². The second-order valence-electron chi connectivity index (χ2n) is 7.53. The monoisotopic (exact) mass is 382 g/mol. The van der Waals surface area contributed by atoms with Gasteiger partial charge in [-0.2, -0.15) is 0 Å². The van der Waals surface area contributed by atoms with E-state index >= 15 is 0 Å². The number of hydrogen-bond acceptors (Lipinski definition) is 3. The molecule has 2 saturated heterocycles. The van der Waals surface area contributed by atoms with Crippen LogP contribution in [0.3, 0.4) is 0 Å². The van der Waals surface area contributed by atoms with Crippen LogP contribution in [0, 0.1) is 5.82 Å². The topological polar surface area (TPSA) is 38.8 Å². The highest BCUT2D eigenvalue weighted by Crippen LogP contribution is 2.26. The van der Waals surface area contributed by atoms with Crippen LogP contribution in [0.15, 0.2) is 48.5 Å². The van der Waals surface area contributed by atoms with Crippen LogP contribution in [0.25, 0.3) is 0 Å². The number of benzene rings is 2. The third-order valence-corrected chi connectivity index (χ3v) is 5.57. The summed E-state index contributed by atoms with van der Waals surface area (Å²) in [5, 5.41) is 2.78. The molecule has 2 aromatic rings. The third-order valence-electron chi connectivity index (χ3n) is 5.57. The minimum Gasteiger partial charge on any atom is -0.371 e. The SMILES string of the molecule is O=C(Nc1cccc(F)c1)N1CCN(Cc2ccccc2N2CCCC2)CC1. The molecular weight excluding hydrogens is 355 g/mol. The molecule has 2 heterocycles. The molecule has 0 saturated carbocycles. The quantitative estimate of drug-likeness (QED) is 0.875. The molecule has 1 N–H and O–H groups in total. The fraction of sp³-hybridized carbons (Fsp3) is 0.409. The summed E-state index contributed by atoms with van der Waals surface area (Å²) in [6, 6.07) is 14.5. The molecule has 2 aliphatic heterocycles. The van der Waals surface area contributed by atoms with Gasteiger partial charge in [0.05, 0.1) is 0 Å². The average molecular weight is 382 g/mol. The highest BCUT2D eigenvalue weighted by molar-refractivity contribution is 5.89. The van der Waals surface area contributed by atoms with Gasteiger partial charge in [-0.05, 0) is 42.7 Å². The van der Waals surface area contributed by atoms with Crippen LogP contribution >= 0.6 is 0 Å². The largest absolute Gasteiger partial charge is 0.371 e. The second-order valence-corrected chi connectivity index (χ2v) is 7.53. The number of piperazine rings is 1. The molecule has 0 unspecified atom stereocenters. The Balaban J connectivity index is 1.32. The van der Waals surface area contributed by atoms with Crippen molar-refractivity contribution >= 4 is 17.4 Å². The fourth-order valence-corrected chi connectivity index (χ4v) is 4.03. The minimum atomic E-state index is -0.348. The van der Waals surface area contributed by atoms with E-state index in [1.54, 1.807) is 17.0 Å². The maximum atomic E-state index is 13.3. The van der Waals surface area contributed by atoms with E-state index in [-0.39, 0.29) is 11.8 Å². The molecule has 148 valence electrons. The van der Waals surface area contributed by atoms with Crippen LogP contribution in [0.1, 0.15) is 18.4 Å². The van der Waals surface area contributed by atoms with E-state index in [0.29, 0.717) is 18.8 Å². The molecule has 2 aliphatic rings. The predicted octanol–water partition coefficient (Wildman–Crippen LogP) is 3.78. The Labute approximate surface area is 165 Å². The van der Waals surface area contributed by atoms with E-state index in [4.69, 9.17) is 0 Å². The zero-order valence-electron chi connectivity index (χ0n) is 16.1. The lowest BCUT2D eigenvalue weighted by atomic mass is 10.1. The summed E-state index contributed by atoms with van der Waals surface area (Å²) in [5.74, 6) is -0.348. The molecule has 2 fully saturated rings. The summed E-state index contributed by atoms with van der Waals surface area (Å²) in [6.45, 7) is 6.22. The highest BCUT2D eigenvalue weighted by Gasteiger charge is 2.23. The number of nitrogens with one attached hydrogen (secondary N) is 1. The first-order valence-corrected chi connectivity index (χ1v) is 10.1. The smallest absolute Gasteiger partial charge is 0.321 e. The van der Waals surface area contributed by atoms with Crippen molar-refractivity contribution in [3.63, 3.8) is 0 Å². The van der Waals surface area contributed by atoms with E-state index in [2.05, 4.69) is 39.4 Å². The lowest BCUT2D eigenvalue weighted by Crippen LogP contribution is -2.49. The van der Waals surface area contributed by atoms with Crippen LogP contribution in [0.5, 0.6) is 0 Å². The van der Waals surface area contributed by atoms with E-state index in [1.165, 1.54) is 36.2 Å². The molecule has 28 heavy (non-hydrogen) atoms.